The summed E-state index contributed by atoms with van der Waals surface area (Å²) in [6.07, 6.45) is 3.42. The van der Waals surface area contributed by atoms with E-state index in [4.69, 9.17) is 0 Å². The monoisotopic (exact) mass is 412 g/mol. The van der Waals surface area contributed by atoms with Crippen molar-refractivity contribution in [3.63, 3.8) is 0 Å². The predicted octanol–water partition coefficient (Wildman–Crippen LogP) is 3.91. The van der Waals surface area contributed by atoms with Crippen LogP contribution in [0.4, 0.5) is 5.69 Å². The Morgan fingerprint density at radius 1 is 1.15 bits per heavy atom. The lowest BCUT2D eigenvalue weighted by molar-refractivity contribution is -0.384. The van der Waals surface area contributed by atoms with Crippen molar-refractivity contribution in [1.29, 1.82) is 0 Å². The highest BCUT2D eigenvalue weighted by Crippen LogP contribution is 2.17. The molecule has 1 aromatic heterocycles. The first-order valence-corrected chi connectivity index (χ1v) is 8.35. The van der Waals surface area contributed by atoms with Gasteiger partial charge in [-0.2, -0.15) is 5.10 Å². The summed E-state index contributed by atoms with van der Waals surface area (Å²) in [6, 6.07) is 16.8. The van der Waals surface area contributed by atoms with E-state index in [1.807, 2.05) is 47.2 Å². The van der Waals surface area contributed by atoms with Gasteiger partial charge in [0.15, 0.2) is 0 Å². The fourth-order valence-electron chi connectivity index (χ4n) is 2.32. The molecule has 26 heavy (non-hydrogen) atoms. The summed E-state index contributed by atoms with van der Waals surface area (Å²) in [5.74, 6) is -0.447. The van der Waals surface area contributed by atoms with Gasteiger partial charge in [-0.05, 0) is 42.5 Å². The smallest absolute Gasteiger partial charge is 0.271 e. The van der Waals surface area contributed by atoms with E-state index in [0.717, 1.165) is 15.9 Å². The Labute approximate surface area is 157 Å². The number of aromatic nitrogens is 1. The van der Waals surface area contributed by atoms with Gasteiger partial charge in [-0.15, -0.1) is 0 Å². The van der Waals surface area contributed by atoms with Crippen LogP contribution < -0.4 is 5.43 Å². The number of nitrogens with one attached hydrogen (secondary N) is 1. The summed E-state index contributed by atoms with van der Waals surface area (Å²) in [5.41, 5.74) is 4.36. The highest BCUT2D eigenvalue weighted by Gasteiger charge is 2.08. The van der Waals surface area contributed by atoms with Crippen molar-refractivity contribution in [2.45, 2.75) is 0 Å². The van der Waals surface area contributed by atoms with E-state index in [1.54, 1.807) is 0 Å². The summed E-state index contributed by atoms with van der Waals surface area (Å²) in [6.45, 7) is 0. The van der Waals surface area contributed by atoms with Crippen LogP contribution in [-0.4, -0.2) is 21.6 Å². The van der Waals surface area contributed by atoms with Gasteiger partial charge < -0.3 is 4.57 Å². The topological polar surface area (TPSA) is 89.5 Å². The molecule has 0 unspecified atom stereocenters. The maximum atomic E-state index is 12.0. The fourth-order valence-corrected chi connectivity index (χ4v) is 2.70. The molecule has 0 aliphatic heterocycles. The lowest BCUT2D eigenvalue weighted by Gasteiger charge is -2.06. The number of nitrogens with zero attached hydrogens (tertiary/aromatic N) is 3. The van der Waals surface area contributed by atoms with Gasteiger partial charge in [-0.3, -0.25) is 14.9 Å². The van der Waals surface area contributed by atoms with E-state index in [2.05, 4.69) is 26.5 Å². The van der Waals surface area contributed by atoms with E-state index in [-0.39, 0.29) is 11.3 Å². The molecule has 130 valence electrons. The largest absolute Gasteiger partial charge is 0.316 e. The molecule has 0 atom stereocenters. The van der Waals surface area contributed by atoms with Gasteiger partial charge in [0.1, 0.15) is 0 Å². The quantitative estimate of drug-likeness (QED) is 0.391. The average molecular weight is 413 g/mol. The van der Waals surface area contributed by atoms with Crippen LogP contribution in [0.2, 0.25) is 0 Å². The number of benzene rings is 2. The van der Waals surface area contributed by atoms with Gasteiger partial charge >= 0.3 is 0 Å². The number of amides is 1. The number of nitro benzene ring substituents is 1. The second-order valence-corrected chi connectivity index (χ2v) is 6.20. The summed E-state index contributed by atoms with van der Waals surface area (Å²) < 4.78 is 2.88. The number of hydrazone groups is 1. The molecular formula is C18H13BrN4O3. The molecule has 0 spiro atoms. The van der Waals surface area contributed by atoms with Gasteiger partial charge in [0.25, 0.3) is 11.6 Å². The molecule has 2 aromatic carbocycles. The summed E-state index contributed by atoms with van der Waals surface area (Å²) in [4.78, 5) is 22.2. The maximum absolute atomic E-state index is 12.0. The first-order valence-electron chi connectivity index (χ1n) is 7.56. The zero-order chi connectivity index (χ0) is 18.5. The number of nitro groups is 1. The minimum atomic E-state index is -0.518. The standard InChI is InChI=1S/C18H13BrN4O3/c19-14-3-1-4-16(11-14)22-10-2-5-17(22)12-20-21-18(24)13-6-8-15(9-7-13)23(25)26/h1-12H,(H,21,24)/b20-12-. The number of hydrogen-bond donors (Lipinski definition) is 1. The van der Waals surface area contributed by atoms with Crippen LogP contribution in [-0.2, 0) is 0 Å². The van der Waals surface area contributed by atoms with Gasteiger partial charge in [0.2, 0.25) is 0 Å². The summed E-state index contributed by atoms with van der Waals surface area (Å²) >= 11 is 3.44. The molecular weight excluding hydrogens is 400 g/mol. The molecule has 7 nitrogen and oxygen atoms in total. The Bertz CT molecular complexity index is 980. The summed E-state index contributed by atoms with van der Waals surface area (Å²) in [5, 5.41) is 14.6. The third-order valence-electron chi connectivity index (χ3n) is 3.57. The van der Waals surface area contributed by atoms with E-state index < -0.39 is 10.8 Å². The van der Waals surface area contributed by atoms with Crippen molar-refractivity contribution in [1.82, 2.24) is 9.99 Å². The van der Waals surface area contributed by atoms with Crippen molar-refractivity contribution in [2.75, 3.05) is 0 Å². The van der Waals surface area contributed by atoms with Gasteiger partial charge in [-0.25, -0.2) is 5.43 Å². The number of non-ortho nitro benzene ring substituents is 1. The molecule has 0 fully saturated rings. The zero-order valence-electron chi connectivity index (χ0n) is 13.4. The summed E-state index contributed by atoms with van der Waals surface area (Å²) in [7, 11) is 0. The molecule has 0 aliphatic rings. The predicted molar refractivity (Wildman–Crippen MR) is 102 cm³/mol. The molecule has 0 saturated carbocycles. The van der Waals surface area contributed by atoms with Crippen LogP contribution in [0.15, 0.2) is 76.4 Å². The minimum absolute atomic E-state index is 0.0723. The maximum Gasteiger partial charge on any atom is 0.271 e. The highest BCUT2D eigenvalue weighted by molar-refractivity contribution is 9.10. The number of carbonyl (C=O) groups is 1. The van der Waals surface area contributed by atoms with Crippen molar-refractivity contribution in [3.8, 4) is 5.69 Å². The molecule has 0 bridgehead atoms. The van der Waals surface area contributed by atoms with Crippen LogP contribution >= 0.6 is 15.9 Å². The minimum Gasteiger partial charge on any atom is -0.316 e. The number of hydrogen-bond acceptors (Lipinski definition) is 4. The molecule has 0 radical (unpaired) electrons. The number of halogens is 1. The van der Waals surface area contributed by atoms with Crippen molar-refractivity contribution in [2.24, 2.45) is 5.10 Å². The molecule has 1 amide bonds. The molecule has 3 rings (SSSR count). The Kier molecular flexibility index (Phi) is 5.23. The van der Waals surface area contributed by atoms with Gasteiger partial charge in [0, 0.05) is 34.1 Å². The third-order valence-corrected chi connectivity index (χ3v) is 4.06. The Balaban J connectivity index is 1.70. The van der Waals surface area contributed by atoms with E-state index in [1.165, 1.54) is 30.5 Å². The van der Waals surface area contributed by atoms with Crippen LogP contribution in [0.1, 0.15) is 16.1 Å². The Hall–Kier alpha value is -3.26. The molecule has 1 N–H and O–H groups in total. The molecule has 8 heteroatoms. The van der Waals surface area contributed by atoms with E-state index in [9.17, 15) is 14.9 Å². The number of carbonyl (C=O) groups excluding carboxylic acids is 1. The second-order valence-electron chi connectivity index (χ2n) is 5.29. The molecule has 0 saturated heterocycles. The van der Waals surface area contributed by atoms with Crippen LogP contribution in [0.3, 0.4) is 0 Å². The van der Waals surface area contributed by atoms with Crippen molar-refractivity contribution < 1.29 is 9.72 Å². The van der Waals surface area contributed by atoms with E-state index >= 15 is 0 Å². The molecule has 1 heterocycles. The van der Waals surface area contributed by atoms with Crippen LogP contribution in [0.5, 0.6) is 0 Å². The normalized spacial score (nSPS) is 10.8. The van der Waals surface area contributed by atoms with Crippen LogP contribution in [0, 0.1) is 10.1 Å². The second kappa shape index (κ2) is 7.75. The average Bonchev–Trinajstić information content (AvgIpc) is 3.10. The Morgan fingerprint density at radius 2 is 1.92 bits per heavy atom. The van der Waals surface area contributed by atoms with Crippen molar-refractivity contribution >= 4 is 33.7 Å². The third kappa shape index (κ3) is 4.04. The molecule has 3 aromatic rings. The lowest BCUT2D eigenvalue weighted by atomic mass is 10.2. The van der Waals surface area contributed by atoms with Crippen molar-refractivity contribution in [3.05, 3.63) is 92.7 Å². The van der Waals surface area contributed by atoms with Gasteiger partial charge in [-0.1, -0.05) is 22.0 Å². The first-order chi connectivity index (χ1) is 12.5. The highest BCUT2D eigenvalue weighted by atomic mass is 79.9. The van der Waals surface area contributed by atoms with Crippen LogP contribution in [0.25, 0.3) is 5.69 Å². The SMILES string of the molecule is O=C(N/N=C\c1cccn1-c1cccc(Br)c1)c1ccc([N+](=O)[O-])cc1. The zero-order valence-corrected chi connectivity index (χ0v) is 15.0. The number of rotatable bonds is 5. The Morgan fingerprint density at radius 3 is 2.62 bits per heavy atom. The van der Waals surface area contributed by atoms with Gasteiger partial charge in [0.05, 0.1) is 16.8 Å². The molecule has 0 aliphatic carbocycles. The lowest BCUT2D eigenvalue weighted by Crippen LogP contribution is -2.17. The van der Waals surface area contributed by atoms with E-state index in [0.29, 0.717) is 0 Å². The first kappa shape index (κ1) is 17.6. The fraction of sp³-hybridized carbons (Fsp3) is 0.